The molecule has 130 valence electrons. The predicted octanol–water partition coefficient (Wildman–Crippen LogP) is 2.95. The molecule has 7 heteroatoms. The van der Waals surface area contributed by atoms with Gasteiger partial charge in [-0.15, -0.1) is 11.3 Å². The van der Waals surface area contributed by atoms with Crippen molar-refractivity contribution in [3.05, 3.63) is 63.0 Å². The molecule has 1 N–H and O–H groups in total. The van der Waals surface area contributed by atoms with Crippen LogP contribution in [-0.2, 0) is 0 Å². The summed E-state index contributed by atoms with van der Waals surface area (Å²) in [6, 6.07) is 7.32. The molecule has 0 bridgehead atoms. The highest BCUT2D eigenvalue weighted by atomic mass is 32.1. The summed E-state index contributed by atoms with van der Waals surface area (Å²) in [6.45, 7) is 3.80. The topological polar surface area (TPSA) is 72.7 Å². The molecule has 0 unspecified atom stereocenters. The summed E-state index contributed by atoms with van der Waals surface area (Å²) in [5.74, 6) is 0.339. The zero-order chi connectivity index (χ0) is 18.0. The van der Waals surface area contributed by atoms with Crippen molar-refractivity contribution >= 4 is 22.2 Å². The molecule has 0 radical (unpaired) electrons. The number of aromatic nitrogens is 2. The van der Waals surface area contributed by atoms with E-state index in [-0.39, 0.29) is 17.2 Å². The quantitative estimate of drug-likeness (QED) is 0.762. The predicted molar refractivity (Wildman–Crippen MR) is 97.6 cm³/mol. The number of methoxy groups -OCH3 is 1. The van der Waals surface area contributed by atoms with Crippen LogP contribution in [0.2, 0.25) is 0 Å². The zero-order valence-electron chi connectivity index (χ0n) is 14.3. The van der Waals surface area contributed by atoms with Crippen LogP contribution in [0.1, 0.15) is 41.0 Å². The summed E-state index contributed by atoms with van der Waals surface area (Å²) >= 11 is 1.38. The maximum Gasteiger partial charge on any atom is 0.271 e. The number of fused-ring (bicyclic) bond motifs is 1. The minimum Gasteiger partial charge on any atom is -0.497 e. The molecule has 2 aromatic heterocycles. The molecule has 0 aliphatic carbocycles. The van der Waals surface area contributed by atoms with Crippen LogP contribution in [0.5, 0.6) is 5.75 Å². The second kappa shape index (κ2) is 7.06. The first-order valence-corrected chi connectivity index (χ1v) is 8.83. The van der Waals surface area contributed by atoms with Crippen molar-refractivity contribution in [3.8, 4) is 5.75 Å². The van der Waals surface area contributed by atoms with Crippen LogP contribution in [0.25, 0.3) is 4.96 Å². The molecule has 6 nitrogen and oxygen atoms in total. The fourth-order valence-corrected chi connectivity index (χ4v) is 3.50. The summed E-state index contributed by atoms with van der Waals surface area (Å²) in [6.07, 6.45) is 2.05. The first kappa shape index (κ1) is 17.2. The lowest BCUT2D eigenvalue weighted by atomic mass is 10.0. The Morgan fingerprint density at radius 1 is 1.36 bits per heavy atom. The molecular formula is C18H19N3O3S. The van der Waals surface area contributed by atoms with E-state index in [0.29, 0.717) is 11.4 Å². The minimum atomic E-state index is -0.417. The van der Waals surface area contributed by atoms with Gasteiger partial charge in [-0.3, -0.25) is 14.0 Å². The van der Waals surface area contributed by atoms with Gasteiger partial charge in [0.15, 0.2) is 4.96 Å². The molecule has 3 aromatic rings. The number of carbonyl (C=O) groups excluding carboxylic acids is 1. The number of ether oxygens (including phenoxy) is 1. The molecule has 2 heterocycles. The van der Waals surface area contributed by atoms with E-state index in [4.69, 9.17) is 4.74 Å². The van der Waals surface area contributed by atoms with E-state index in [2.05, 4.69) is 10.3 Å². The van der Waals surface area contributed by atoms with Gasteiger partial charge in [-0.05, 0) is 31.0 Å². The Bertz CT molecular complexity index is 960. The second-order valence-electron chi connectivity index (χ2n) is 5.68. The normalized spacial score (nSPS) is 12.1. The number of thiazole rings is 1. The fourth-order valence-electron chi connectivity index (χ4n) is 2.67. The van der Waals surface area contributed by atoms with Gasteiger partial charge in [-0.1, -0.05) is 19.1 Å². The number of nitrogens with zero attached hydrogens (tertiary/aromatic N) is 2. The van der Waals surface area contributed by atoms with Gasteiger partial charge in [0, 0.05) is 17.3 Å². The number of aryl methyl sites for hydroxylation is 1. The van der Waals surface area contributed by atoms with Gasteiger partial charge in [0.2, 0.25) is 0 Å². The third-order valence-electron chi connectivity index (χ3n) is 4.09. The van der Waals surface area contributed by atoms with E-state index in [1.165, 1.54) is 21.9 Å². The molecule has 1 atom stereocenters. The molecule has 3 rings (SSSR count). The van der Waals surface area contributed by atoms with Crippen LogP contribution >= 0.6 is 11.3 Å². The first-order valence-electron chi connectivity index (χ1n) is 7.95. The zero-order valence-corrected chi connectivity index (χ0v) is 15.1. The molecule has 0 spiro atoms. The third kappa shape index (κ3) is 3.28. The second-order valence-corrected chi connectivity index (χ2v) is 6.52. The number of hydrogen-bond donors (Lipinski definition) is 1. The summed E-state index contributed by atoms with van der Waals surface area (Å²) in [5, 5.41) is 4.77. The van der Waals surface area contributed by atoms with E-state index >= 15 is 0 Å². The molecular weight excluding hydrogens is 338 g/mol. The van der Waals surface area contributed by atoms with Crippen LogP contribution in [0.15, 0.2) is 40.6 Å². The van der Waals surface area contributed by atoms with Crippen molar-refractivity contribution < 1.29 is 9.53 Å². The maximum atomic E-state index is 12.6. The van der Waals surface area contributed by atoms with Gasteiger partial charge in [-0.2, -0.15) is 0 Å². The maximum absolute atomic E-state index is 12.6. The van der Waals surface area contributed by atoms with Crippen LogP contribution in [-0.4, -0.2) is 22.4 Å². The summed E-state index contributed by atoms with van der Waals surface area (Å²) in [5.41, 5.74) is 1.43. The molecule has 0 aliphatic rings. The van der Waals surface area contributed by atoms with Crippen molar-refractivity contribution in [1.82, 2.24) is 14.7 Å². The van der Waals surface area contributed by atoms with Crippen molar-refractivity contribution in [2.24, 2.45) is 0 Å². The first-order chi connectivity index (χ1) is 12.0. The van der Waals surface area contributed by atoms with E-state index in [1.807, 2.05) is 43.5 Å². The standard InChI is InChI=1S/C18H19N3O3S/c1-4-15(12-5-7-13(24-3)8-6-12)20-16(22)14-9-19-18-21(17(14)23)11(2)10-25-18/h5-10,15H,4H2,1-3H3,(H,20,22)/t15-/m1/s1. The van der Waals surface area contributed by atoms with Crippen molar-refractivity contribution in [2.45, 2.75) is 26.3 Å². The largest absolute Gasteiger partial charge is 0.497 e. The van der Waals surface area contributed by atoms with Crippen molar-refractivity contribution in [1.29, 1.82) is 0 Å². The SMILES string of the molecule is CC[C@@H](NC(=O)c1cnc2scc(C)n2c1=O)c1ccc(OC)cc1. The monoisotopic (exact) mass is 357 g/mol. The molecule has 25 heavy (non-hydrogen) atoms. The molecule has 0 saturated heterocycles. The Morgan fingerprint density at radius 2 is 2.08 bits per heavy atom. The van der Waals surface area contributed by atoms with Gasteiger partial charge >= 0.3 is 0 Å². The number of benzene rings is 1. The van der Waals surface area contributed by atoms with Crippen molar-refractivity contribution in [3.63, 3.8) is 0 Å². The van der Waals surface area contributed by atoms with E-state index in [9.17, 15) is 9.59 Å². The Morgan fingerprint density at radius 3 is 2.72 bits per heavy atom. The Labute approximate surface area is 149 Å². The Kier molecular flexibility index (Phi) is 4.85. The van der Waals surface area contributed by atoms with Crippen LogP contribution in [0.3, 0.4) is 0 Å². The van der Waals surface area contributed by atoms with Gasteiger partial charge in [0.05, 0.1) is 13.2 Å². The van der Waals surface area contributed by atoms with Crippen LogP contribution in [0.4, 0.5) is 0 Å². The molecule has 0 saturated carbocycles. The van der Waals surface area contributed by atoms with E-state index < -0.39 is 5.91 Å². The molecule has 1 amide bonds. The fraction of sp³-hybridized carbons (Fsp3) is 0.278. The number of hydrogen-bond acceptors (Lipinski definition) is 5. The lowest BCUT2D eigenvalue weighted by Gasteiger charge is -2.17. The smallest absolute Gasteiger partial charge is 0.271 e. The summed E-state index contributed by atoms with van der Waals surface area (Å²) < 4.78 is 6.62. The van der Waals surface area contributed by atoms with Crippen molar-refractivity contribution in [2.75, 3.05) is 7.11 Å². The number of nitrogens with one attached hydrogen (secondary N) is 1. The highest BCUT2D eigenvalue weighted by molar-refractivity contribution is 7.15. The van der Waals surface area contributed by atoms with E-state index in [1.54, 1.807) is 7.11 Å². The van der Waals surface area contributed by atoms with Gasteiger partial charge in [0.1, 0.15) is 11.3 Å². The number of carbonyl (C=O) groups is 1. The average Bonchev–Trinajstić information content (AvgIpc) is 3.01. The molecule has 1 aromatic carbocycles. The lowest BCUT2D eigenvalue weighted by molar-refractivity contribution is 0.0933. The van der Waals surface area contributed by atoms with Gasteiger partial charge in [0.25, 0.3) is 11.5 Å². The van der Waals surface area contributed by atoms with Crippen LogP contribution in [0, 0.1) is 6.92 Å². The van der Waals surface area contributed by atoms with Gasteiger partial charge < -0.3 is 10.1 Å². The lowest BCUT2D eigenvalue weighted by Crippen LogP contribution is -2.34. The van der Waals surface area contributed by atoms with Gasteiger partial charge in [-0.25, -0.2) is 4.98 Å². The van der Waals surface area contributed by atoms with Crippen LogP contribution < -0.4 is 15.6 Å². The highest BCUT2D eigenvalue weighted by Crippen LogP contribution is 2.20. The molecule has 0 fully saturated rings. The number of amides is 1. The Balaban J connectivity index is 1.88. The molecule has 0 aliphatic heterocycles. The average molecular weight is 357 g/mol. The van der Waals surface area contributed by atoms with E-state index in [0.717, 1.165) is 17.0 Å². The Hall–Kier alpha value is -2.67. The summed E-state index contributed by atoms with van der Waals surface area (Å²) in [7, 11) is 1.61. The summed E-state index contributed by atoms with van der Waals surface area (Å²) in [4.78, 5) is 30.0. The minimum absolute atomic E-state index is 0.0472. The third-order valence-corrected chi connectivity index (χ3v) is 5.05. The highest BCUT2D eigenvalue weighted by Gasteiger charge is 2.19. The number of rotatable bonds is 5.